The number of hydrogen-bond donors (Lipinski definition) is 1. The monoisotopic (exact) mass is 170 g/mol. The molecule has 0 heterocycles. The molecule has 0 amide bonds. The van der Waals surface area contributed by atoms with Gasteiger partial charge in [0.15, 0.2) is 0 Å². The van der Waals surface area contributed by atoms with Crippen LogP contribution in [0.3, 0.4) is 0 Å². The standard InChI is InChI=1S/C10H22N2/c1-6-7-9(4)12(5)10(11)8(2)3/h8-9,11H,6-7H2,1-5H3. The first-order valence-electron chi connectivity index (χ1n) is 4.82. The number of hydrogen-bond acceptors (Lipinski definition) is 1. The molecule has 0 rings (SSSR count). The summed E-state index contributed by atoms with van der Waals surface area (Å²) in [4.78, 5) is 2.08. The zero-order valence-electron chi connectivity index (χ0n) is 9.02. The molecule has 12 heavy (non-hydrogen) atoms. The molecular weight excluding hydrogens is 148 g/mol. The maximum Gasteiger partial charge on any atom is 0.0983 e. The lowest BCUT2D eigenvalue weighted by atomic mass is 10.1. The smallest absolute Gasteiger partial charge is 0.0983 e. The summed E-state index contributed by atoms with van der Waals surface area (Å²) >= 11 is 0. The van der Waals surface area contributed by atoms with Gasteiger partial charge >= 0.3 is 0 Å². The van der Waals surface area contributed by atoms with Gasteiger partial charge in [-0.15, -0.1) is 0 Å². The van der Waals surface area contributed by atoms with Crippen molar-refractivity contribution < 1.29 is 0 Å². The first-order valence-corrected chi connectivity index (χ1v) is 4.82. The van der Waals surface area contributed by atoms with E-state index in [1.54, 1.807) is 0 Å². The molecule has 0 saturated heterocycles. The maximum atomic E-state index is 7.78. The van der Waals surface area contributed by atoms with Gasteiger partial charge in [0.05, 0.1) is 5.84 Å². The van der Waals surface area contributed by atoms with E-state index in [1.807, 2.05) is 7.05 Å². The third-order valence-electron chi connectivity index (χ3n) is 2.29. The number of nitrogens with one attached hydrogen (secondary N) is 1. The summed E-state index contributed by atoms with van der Waals surface area (Å²) in [5, 5.41) is 7.78. The Morgan fingerprint density at radius 2 is 1.83 bits per heavy atom. The minimum Gasteiger partial charge on any atom is -0.361 e. The molecule has 0 bridgehead atoms. The Bertz CT molecular complexity index is 141. The molecule has 0 aromatic carbocycles. The lowest BCUT2D eigenvalue weighted by molar-refractivity contribution is 0.350. The summed E-state index contributed by atoms with van der Waals surface area (Å²) in [6.45, 7) is 8.50. The molecule has 1 atom stereocenters. The van der Waals surface area contributed by atoms with E-state index in [4.69, 9.17) is 5.41 Å². The van der Waals surface area contributed by atoms with Crippen LogP contribution in [-0.4, -0.2) is 23.8 Å². The second kappa shape index (κ2) is 5.18. The van der Waals surface area contributed by atoms with Crippen molar-refractivity contribution in [1.29, 1.82) is 5.41 Å². The molecule has 1 N–H and O–H groups in total. The molecule has 2 heteroatoms. The average molecular weight is 170 g/mol. The second-order valence-corrected chi connectivity index (χ2v) is 3.79. The molecule has 0 saturated carbocycles. The average Bonchev–Trinajstić information content (AvgIpc) is 2.02. The summed E-state index contributed by atoms with van der Waals surface area (Å²) in [6.07, 6.45) is 2.36. The Labute approximate surface area is 76.5 Å². The second-order valence-electron chi connectivity index (χ2n) is 3.79. The van der Waals surface area contributed by atoms with E-state index in [9.17, 15) is 0 Å². The minimum atomic E-state index is 0.342. The summed E-state index contributed by atoms with van der Waals surface area (Å²) in [6, 6.07) is 0.505. The summed E-state index contributed by atoms with van der Waals surface area (Å²) in [5.41, 5.74) is 0. The lowest BCUT2D eigenvalue weighted by Gasteiger charge is -2.28. The van der Waals surface area contributed by atoms with Crippen molar-refractivity contribution in [3.63, 3.8) is 0 Å². The van der Waals surface area contributed by atoms with Crippen molar-refractivity contribution in [3.8, 4) is 0 Å². The normalized spacial score (nSPS) is 13.2. The van der Waals surface area contributed by atoms with Crippen LogP contribution in [0.4, 0.5) is 0 Å². The maximum absolute atomic E-state index is 7.78. The third kappa shape index (κ3) is 3.24. The van der Waals surface area contributed by atoms with E-state index in [2.05, 4.69) is 32.6 Å². The zero-order chi connectivity index (χ0) is 9.72. The van der Waals surface area contributed by atoms with E-state index in [0.717, 1.165) is 5.84 Å². The molecule has 0 aliphatic rings. The molecule has 2 nitrogen and oxygen atoms in total. The van der Waals surface area contributed by atoms with E-state index < -0.39 is 0 Å². The van der Waals surface area contributed by atoms with Gasteiger partial charge in [0.1, 0.15) is 0 Å². The highest BCUT2D eigenvalue weighted by Gasteiger charge is 2.13. The minimum absolute atomic E-state index is 0.342. The van der Waals surface area contributed by atoms with Crippen LogP contribution in [0.15, 0.2) is 0 Å². The molecule has 0 aromatic rings. The number of rotatable bonds is 4. The van der Waals surface area contributed by atoms with E-state index in [-0.39, 0.29) is 0 Å². The van der Waals surface area contributed by atoms with Gasteiger partial charge in [-0.1, -0.05) is 27.2 Å². The van der Waals surface area contributed by atoms with Crippen LogP contribution in [0.5, 0.6) is 0 Å². The summed E-state index contributed by atoms with van der Waals surface area (Å²) < 4.78 is 0. The summed E-state index contributed by atoms with van der Waals surface area (Å²) in [5.74, 6) is 1.09. The molecule has 72 valence electrons. The Kier molecular flexibility index (Phi) is 4.95. The highest BCUT2D eigenvalue weighted by atomic mass is 15.2. The van der Waals surface area contributed by atoms with Crippen molar-refractivity contribution in [2.75, 3.05) is 7.05 Å². The number of amidine groups is 1. The van der Waals surface area contributed by atoms with Gasteiger partial charge in [0, 0.05) is 19.0 Å². The SMILES string of the molecule is CCCC(C)N(C)C(=N)C(C)C. The predicted molar refractivity (Wildman–Crippen MR) is 54.7 cm³/mol. The lowest BCUT2D eigenvalue weighted by Crippen LogP contribution is -2.37. The predicted octanol–water partition coefficient (Wildman–Crippen LogP) is 2.74. The topological polar surface area (TPSA) is 27.1 Å². The van der Waals surface area contributed by atoms with Crippen molar-refractivity contribution >= 4 is 5.84 Å². The van der Waals surface area contributed by atoms with Crippen LogP contribution in [-0.2, 0) is 0 Å². The van der Waals surface area contributed by atoms with E-state index >= 15 is 0 Å². The van der Waals surface area contributed by atoms with Gasteiger partial charge in [-0.05, 0) is 13.3 Å². The molecule has 1 unspecified atom stereocenters. The van der Waals surface area contributed by atoms with Gasteiger partial charge in [0.25, 0.3) is 0 Å². The highest BCUT2D eigenvalue weighted by Crippen LogP contribution is 2.08. The van der Waals surface area contributed by atoms with Crippen LogP contribution >= 0.6 is 0 Å². The molecule has 0 aliphatic carbocycles. The zero-order valence-corrected chi connectivity index (χ0v) is 9.02. The Morgan fingerprint density at radius 1 is 1.33 bits per heavy atom. The van der Waals surface area contributed by atoms with Gasteiger partial charge in [-0.2, -0.15) is 0 Å². The fourth-order valence-electron chi connectivity index (χ4n) is 1.26. The quantitative estimate of drug-likeness (QED) is 0.510. The highest BCUT2D eigenvalue weighted by molar-refractivity contribution is 5.80. The van der Waals surface area contributed by atoms with E-state index in [0.29, 0.717) is 12.0 Å². The largest absolute Gasteiger partial charge is 0.361 e. The first-order chi connectivity index (χ1) is 5.50. The van der Waals surface area contributed by atoms with Crippen molar-refractivity contribution in [3.05, 3.63) is 0 Å². The summed E-state index contributed by atoms with van der Waals surface area (Å²) in [7, 11) is 2.02. The van der Waals surface area contributed by atoms with E-state index in [1.165, 1.54) is 12.8 Å². The Morgan fingerprint density at radius 3 is 2.17 bits per heavy atom. The van der Waals surface area contributed by atoms with Crippen LogP contribution in [0.1, 0.15) is 40.5 Å². The van der Waals surface area contributed by atoms with Crippen LogP contribution in [0.2, 0.25) is 0 Å². The van der Waals surface area contributed by atoms with Crippen LogP contribution in [0, 0.1) is 11.3 Å². The van der Waals surface area contributed by atoms with Gasteiger partial charge in [0.2, 0.25) is 0 Å². The fourth-order valence-corrected chi connectivity index (χ4v) is 1.26. The molecule has 0 aliphatic heterocycles. The number of nitrogens with zero attached hydrogens (tertiary/aromatic N) is 1. The molecule has 0 spiro atoms. The molecular formula is C10H22N2. The van der Waals surface area contributed by atoms with Gasteiger partial charge < -0.3 is 4.90 Å². The van der Waals surface area contributed by atoms with Crippen LogP contribution < -0.4 is 0 Å². The fraction of sp³-hybridized carbons (Fsp3) is 0.900. The van der Waals surface area contributed by atoms with Crippen molar-refractivity contribution in [2.45, 2.75) is 46.6 Å². The molecule has 0 aromatic heterocycles. The van der Waals surface area contributed by atoms with Gasteiger partial charge in [-0.3, -0.25) is 5.41 Å². The van der Waals surface area contributed by atoms with Gasteiger partial charge in [-0.25, -0.2) is 0 Å². The van der Waals surface area contributed by atoms with Crippen molar-refractivity contribution in [1.82, 2.24) is 4.90 Å². The molecule has 0 radical (unpaired) electrons. The first kappa shape index (κ1) is 11.5. The Balaban J connectivity index is 4.00. The molecule has 0 fully saturated rings. The Hall–Kier alpha value is -0.530. The van der Waals surface area contributed by atoms with Crippen molar-refractivity contribution in [2.24, 2.45) is 5.92 Å². The van der Waals surface area contributed by atoms with Crippen LogP contribution in [0.25, 0.3) is 0 Å². The third-order valence-corrected chi connectivity index (χ3v) is 2.29.